The molecule has 1 N–H and O–H groups in total. The third-order valence-electron chi connectivity index (χ3n) is 3.95. The number of carbonyl (C=O) groups excluding carboxylic acids is 2. The van der Waals surface area contributed by atoms with E-state index in [1.807, 2.05) is 0 Å². The van der Waals surface area contributed by atoms with Gasteiger partial charge in [-0.1, -0.05) is 0 Å². The summed E-state index contributed by atoms with van der Waals surface area (Å²) >= 11 is 0. The second kappa shape index (κ2) is 6.29. The number of amides is 2. The van der Waals surface area contributed by atoms with Gasteiger partial charge in [0.05, 0.1) is 5.92 Å². The van der Waals surface area contributed by atoms with Crippen LogP contribution >= 0.6 is 0 Å². The lowest BCUT2D eigenvalue weighted by Gasteiger charge is -2.37. The van der Waals surface area contributed by atoms with E-state index in [-0.39, 0.29) is 17.7 Å². The van der Waals surface area contributed by atoms with Gasteiger partial charge in [-0.15, -0.1) is 0 Å². The lowest BCUT2D eigenvalue weighted by molar-refractivity contribution is -0.138. The van der Waals surface area contributed by atoms with Crippen molar-refractivity contribution in [3.63, 3.8) is 0 Å². The number of nitrogens with one attached hydrogen (secondary N) is 1. The van der Waals surface area contributed by atoms with Crippen LogP contribution in [0.15, 0.2) is 0 Å². The van der Waals surface area contributed by atoms with Crippen molar-refractivity contribution in [3.8, 4) is 0 Å². The van der Waals surface area contributed by atoms with E-state index >= 15 is 0 Å². The molecule has 2 fully saturated rings. The number of hydrogen-bond acceptors (Lipinski definition) is 4. The van der Waals surface area contributed by atoms with Crippen LogP contribution in [0.2, 0.25) is 0 Å². The van der Waals surface area contributed by atoms with E-state index in [0.29, 0.717) is 45.6 Å². The summed E-state index contributed by atoms with van der Waals surface area (Å²) in [6, 6.07) is 0. The summed E-state index contributed by atoms with van der Waals surface area (Å²) in [6.07, 6.45) is 0.951. The molecule has 1 unspecified atom stereocenters. The molecule has 0 spiro atoms. The molecular formula is C12H22N4O4S. The number of carbonyl (C=O) groups is 2. The fraction of sp³-hybridized carbons (Fsp3) is 0.833. The van der Waals surface area contributed by atoms with Crippen molar-refractivity contribution < 1.29 is 18.0 Å². The lowest BCUT2D eigenvalue weighted by Crippen LogP contribution is -2.55. The Hall–Kier alpha value is -1.19. The highest BCUT2D eigenvalue weighted by Gasteiger charge is 2.33. The monoisotopic (exact) mass is 318 g/mol. The summed E-state index contributed by atoms with van der Waals surface area (Å²) in [4.78, 5) is 25.2. The standard InChI is InChI=1S/C12H22N4O4S/c1-14(2)21(19,20)16-7-5-15(6-8-16)12(18)10-3-4-11(17)13-9-10/h10H,3-9H2,1-2H3,(H,13,17). The molecule has 0 aliphatic carbocycles. The molecule has 2 saturated heterocycles. The first-order chi connectivity index (χ1) is 9.82. The first kappa shape index (κ1) is 16.2. The molecular weight excluding hydrogens is 296 g/mol. The van der Waals surface area contributed by atoms with E-state index < -0.39 is 10.2 Å². The van der Waals surface area contributed by atoms with Gasteiger partial charge >= 0.3 is 0 Å². The normalized spacial score (nSPS) is 25.0. The van der Waals surface area contributed by atoms with Crippen molar-refractivity contribution in [2.75, 3.05) is 46.8 Å². The van der Waals surface area contributed by atoms with Crippen LogP contribution in [0.5, 0.6) is 0 Å². The fourth-order valence-corrected chi connectivity index (χ4v) is 3.66. The molecule has 9 heteroatoms. The highest BCUT2D eigenvalue weighted by atomic mass is 32.2. The Morgan fingerprint density at radius 1 is 1.24 bits per heavy atom. The van der Waals surface area contributed by atoms with E-state index in [4.69, 9.17) is 0 Å². The minimum atomic E-state index is -3.41. The van der Waals surface area contributed by atoms with Gasteiger partial charge in [0.15, 0.2) is 0 Å². The van der Waals surface area contributed by atoms with Crippen molar-refractivity contribution in [1.82, 2.24) is 18.8 Å². The van der Waals surface area contributed by atoms with Gasteiger partial charge in [-0.3, -0.25) is 9.59 Å². The molecule has 2 aliphatic rings. The molecule has 2 rings (SSSR count). The quantitative estimate of drug-likeness (QED) is 0.683. The molecule has 2 amide bonds. The molecule has 0 saturated carbocycles. The minimum absolute atomic E-state index is 0.0110. The second-order valence-corrected chi connectivity index (χ2v) is 7.70. The van der Waals surface area contributed by atoms with E-state index in [9.17, 15) is 18.0 Å². The SMILES string of the molecule is CN(C)S(=O)(=O)N1CCN(C(=O)C2CCC(=O)NC2)CC1. The summed E-state index contributed by atoms with van der Waals surface area (Å²) in [6.45, 7) is 1.80. The van der Waals surface area contributed by atoms with Crippen LogP contribution in [0.4, 0.5) is 0 Å². The largest absolute Gasteiger partial charge is 0.355 e. The Morgan fingerprint density at radius 2 is 1.86 bits per heavy atom. The van der Waals surface area contributed by atoms with Gasteiger partial charge in [-0.25, -0.2) is 0 Å². The van der Waals surface area contributed by atoms with Crippen molar-refractivity contribution in [3.05, 3.63) is 0 Å². The molecule has 120 valence electrons. The molecule has 0 aromatic heterocycles. The Bertz CT molecular complexity index is 501. The molecule has 21 heavy (non-hydrogen) atoms. The molecule has 8 nitrogen and oxygen atoms in total. The third-order valence-corrected chi connectivity index (χ3v) is 5.89. The minimum Gasteiger partial charge on any atom is -0.355 e. The number of rotatable bonds is 3. The molecule has 2 aliphatic heterocycles. The van der Waals surface area contributed by atoms with Crippen LogP contribution in [-0.2, 0) is 19.8 Å². The van der Waals surface area contributed by atoms with Crippen LogP contribution in [0, 0.1) is 5.92 Å². The van der Waals surface area contributed by atoms with Crippen molar-refractivity contribution in [1.29, 1.82) is 0 Å². The maximum atomic E-state index is 12.3. The fourth-order valence-electron chi connectivity index (χ4n) is 2.57. The second-order valence-electron chi connectivity index (χ2n) is 5.55. The first-order valence-electron chi connectivity index (χ1n) is 7.05. The maximum absolute atomic E-state index is 12.3. The summed E-state index contributed by atoms with van der Waals surface area (Å²) in [5.74, 6) is -0.183. The van der Waals surface area contributed by atoms with E-state index in [0.717, 1.165) is 0 Å². The predicted molar refractivity (Wildman–Crippen MR) is 76.5 cm³/mol. The topological polar surface area (TPSA) is 90.0 Å². The highest BCUT2D eigenvalue weighted by Crippen LogP contribution is 2.17. The number of hydrogen-bond donors (Lipinski definition) is 1. The highest BCUT2D eigenvalue weighted by molar-refractivity contribution is 7.86. The zero-order valence-corrected chi connectivity index (χ0v) is 13.2. The predicted octanol–water partition coefficient (Wildman–Crippen LogP) is -1.54. The summed E-state index contributed by atoms with van der Waals surface area (Å²) in [5, 5.41) is 2.70. The zero-order valence-electron chi connectivity index (χ0n) is 12.4. The lowest BCUT2D eigenvalue weighted by atomic mass is 9.97. The number of piperazine rings is 1. The van der Waals surface area contributed by atoms with Crippen LogP contribution < -0.4 is 5.32 Å². The summed E-state index contributed by atoms with van der Waals surface area (Å²) < 4.78 is 26.6. The Morgan fingerprint density at radius 3 is 2.33 bits per heavy atom. The van der Waals surface area contributed by atoms with Crippen molar-refractivity contribution >= 4 is 22.0 Å². The van der Waals surface area contributed by atoms with Gasteiger partial charge in [0.1, 0.15) is 0 Å². The number of piperidine rings is 1. The number of nitrogens with zero attached hydrogens (tertiary/aromatic N) is 3. The molecule has 0 aromatic rings. The molecule has 0 radical (unpaired) electrons. The van der Waals surface area contributed by atoms with E-state index in [1.165, 1.54) is 22.7 Å². The first-order valence-corrected chi connectivity index (χ1v) is 8.45. The smallest absolute Gasteiger partial charge is 0.281 e. The van der Waals surface area contributed by atoms with Crippen molar-refractivity contribution in [2.24, 2.45) is 5.92 Å². The van der Waals surface area contributed by atoms with Crippen molar-refractivity contribution in [2.45, 2.75) is 12.8 Å². The maximum Gasteiger partial charge on any atom is 0.281 e. The van der Waals surface area contributed by atoms with Gasteiger partial charge in [-0.05, 0) is 6.42 Å². The Kier molecular flexibility index (Phi) is 4.84. The van der Waals surface area contributed by atoms with Gasteiger partial charge in [0.25, 0.3) is 10.2 Å². The third kappa shape index (κ3) is 3.53. The van der Waals surface area contributed by atoms with E-state index in [2.05, 4.69) is 5.32 Å². The van der Waals surface area contributed by atoms with Crippen LogP contribution in [0.1, 0.15) is 12.8 Å². The average molecular weight is 318 g/mol. The summed E-state index contributed by atoms with van der Waals surface area (Å²) in [5.41, 5.74) is 0. The molecule has 0 bridgehead atoms. The Labute approximate surface area is 125 Å². The zero-order chi connectivity index (χ0) is 15.6. The van der Waals surface area contributed by atoms with Gasteiger partial charge in [-0.2, -0.15) is 17.0 Å². The molecule has 0 aromatic carbocycles. The van der Waals surface area contributed by atoms with Gasteiger partial charge in [0, 0.05) is 53.2 Å². The van der Waals surface area contributed by atoms with Crippen LogP contribution in [0.3, 0.4) is 0 Å². The van der Waals surface area contributed by atoms with Gasteiger partial charge in [0.2, 0.25) is 11.8 Å². The molecule has 1 atom stereocenters. The molecule has 2 heterocycles. The average Bonchev–Trinajstić information content (AvgIpc) is 2.47. The van der Waals surface area contributed by atoms with E-state index in [1.54, 1.807) is 4.90 Å². The van der Waals surface area contributed by atoms with Crippen LogP contribution in [0.25, 0.3) is 0 Å². The Balaban J connectivity index is 1.89. The van der Waals surface area contributed by atoms with Gasteiger partial charge < -0.3 is 10.2 Å². The summed E-state index contributed by atoms with van der Waals surface area (Å²) in [7, 11) is -0.414. The van der Waals surface area contributed by atoms with Crippen LogP contribution in [-0.4, -0.2) is 80.6 Å².